The van der Waals surface area contributed by atoms with E-state index in [0.717, 1.165) is 17.7 Å². The van der Waals surface area contributed by atoms with Crippen LogP contribution in [0, 0.1) is 24.4 Å². The third kappa shape index (κ3) is 2.43. The topological polar surface area (TPSA) is 25.2 Å². The summed E-state index contributed by atoms with van der Waals surface area (Å²) in [5, 5.41) is 2.76. The minimum atomic E-state index is -1.47. The molecule has 0 aliphatic rings. The van der Waals surface area contributed by atoms with Crippen LogP contribution in [-0.2, 0) is 6.54 Å². The second-order valence-electron chi connectivity index (χ2n) is 3.63. The van der Waals surface area contributed by atoms with Crippen molar-refractivity contribution in [2.75, 3.05) is 5.32 Å². The van der Waals surface area contributed by atoms with Crippen molar-refractivity contribution >= 4 is 5.69 Å². The number of rotatable bonds is 3. The van der Waals surface area contributed by atoms with Gasteiger partial charge in [-0.25, -0.2) is 13.2 Å². The minimum absolute atomic E-state index is 0.164. The minimum Gasteiger partial charge on any atom is -0.467 e. The summed E-state index contributed by atoms with van der Waals surface area (Å²) in [6, 6.07) is 3.58. The molecule has 2 nitrogen and oxygen atoms in total. The highest BCUT2D eigenvalue weighted by atomic mass is 19.2. The van der Waals surface area contributed by atoms with Gasteiger partial charge in [-0.2, -0.15) is 0 Å². The predicted molar refractivity (Wildman–Crippen MR) is 57.1 cm³/mol. The lowest BCUT2D eigenvalue weighted by molar-refractivity contribution is 0.447. The molecule has 5 heteroatoms. The quantitative estimate of drug-likeness (QED) is 0.830. The summed E-state index contributed by atoms with van der Waals surface area (Å²) in [7, 11) is 0. The molecule has 2 aromatic rings. The largest absolute Gasteiger partial charge is 0.467 e. The fraction of sp³-hybridized carbons (Fsp3) is 0.167. The van der Waals surface area contributed by atoms with Crippen molar-refractivity contribution in [1.82, 2.24) is 0 Å². The van der Waals surface area contributed by atoms with E-state index in [4.69, 9.17) is 4.42 Å². The van der Waals surface area contributed by atoms with Crippen LogP contribution in [0.25, 0.3) is 0 Å². The number of furan rings is 1. The Balaban J connectivity index is 2.12. The van der Waals surface area contributed by atoms with Gasteiger partial charge in [0.15, 0.2) is 17.5 Å². The van der Waals surface area contributed by atoms with Crippen molar-refractivity contribution in [1.29, 1.82) is 0 Å². The average molecular weight is 241 g/mol. The molecular weight excluding hydrogens is 231 g/mol. The van der Waals surface area contributed by atoms with Gasteiger partial charge >= 0.3 is 0 Å². The van der Waals surface area contributed by atoms with Crippen molar-refractivity contribution in [2.45, 2.75) is 13.5 Å². The van der Waals surface area contributed by atoms with E-state index in [0.29, 0.717) is 5.76 Å². The Labute approximate surface area is 96.1 Å². The molecule has 1 N–H and O–H groups in total. The van der Waals surface area contributed by atoms with E-state index < -0.39 is 17.5 Å². The Morgan fingerprint density at radius 2 is 1.82 bits per heavy atom. The Morgan fingerprint density at radius 3 is 2.35 bits per heavy atom. The molecule has 0 saturated heterocycles. The summed E-state index contributed by atoms with van der Waals surface area (Å²) in [4.78, 5) is 0. The lowest BCUT2D eigenvalue weighted by Crippen LogP contribution is -2.02. The van der Waals surface area contributed by atoms with Crippen molar-refractivity contribution in [3.05, 3.63) is 53.2 Å². The molecule has 0 amide bonds. The third-order valence-electron chi connectivity index (χ3n) is 2.41. The molecule has 1 aromatic heterocycles. The zero-order valence-electron chi connectivity index (χ0n) is 9.06. The van der Waals surface area contributed by atoms with Crippen molar-refractivity contribution < 1.29 is 17.6 Å². The lowest BCUT2D eigenvalue weighted by Gasteiger charge is -2.06. The van der Waals surface area contributed by atoms with Gasteiger partial charge in [-0.15, -0.1) is 0 Å². The fourth-order valence-corrected chi connectivity index (χ4v) is 1.43. The van der Waals surface area contributed by atoms with Gasteiger partial charge in [0.25, 0.3) is 0 Å². The number of halogens is 3. The number of hydrogen-bond donors (Lipinski definition) is 1. The smallest absolute Gasteiger partial charge is 0.194 e. The molecule has 17 heavy (non-hydrogen) atoms. The number of anilines is 1. The normalized spacial score (nSPS) is 10.6. The fourth-order valence-electron chi connectivity index (χ4n) is 1.43. The highest BCUT2D eigenvalue weighted by molar-refractivity contribution is 5.44. The van der Waals surface area contributed by atoms with Crippen molar-refractivity contribution in [3.63, 3.8) is 0 Å². The first kappa shape index (κ1) is 11.6. The monoisotopic (exact) mass is 241 g/mol. The molecule has 1 aromatic carbocycles. The first-order valence-electron chi connectivity index (χ1n) is 4.99. The van der Waals surface area contributed by atoms with Crippen LogP contribution in [0.4, 0.5) is 18.9 Å². The van der Waals surface area contributed by atoms with Gasteiger partial charge < -0.3 is 9.73 Å². The predicted octanol–water partition coefficient (Wildman–Crippen LogP) is 3.62. The van der Waals surface area contributed by atoms with Crippen LogP contribution in [-0.4, -0.2) is 0 Å². The lowest BCUT2D eigenvalue weighted by atomic mass is 10.2. The Kier molecular flexibility index (Phi) is 3.08. The summed E-state index contributed by atoms with van der Waals surface area (Å²) in [5.41, 5.74) is 1.10. The van der Waals surface area contributed by atoms with Crippen LogP contribution >= 0.6 is 0 Å². The molecule has 0 aliphatic heterocycles. The number of aryl methyl sites for hydroxylation is 1. The van der Waals surface area contributed by atoms with Crippen LogP contribution in [0.15, 0.2) is 28.9 Å². The van der Waals surface area contributed by atoms with E-state index >= 15 is 0 Å². The molecule has 0 atom stereocenters. The summed E-state index contributed by atoms with van der Waals surface area (Å²) >= 11 is 0. The summed E-state index contributed by atoms with van der Waals surface area (Å²) < 4.78 is 43.7. The molecule has 0 radical (unpaired) electrons. The van der Waals surface area contributed by atoms with Crippen LogP contribution in [0.1, 0.15) is 11.3 Å². The maximum Gasteiger partial charge on any atom is 0.194 e. The van der Waals surface area contributed by atoms with Crippen LogP contribution in [0.2, 0.25) is 0 Å². The third-order valence-corrected chi connectivity index (χ3v) is 2.41. The SMILES string of the molecule is Cc1ccoc1CNc1cc(F)c(F)c(F)c1. The number of benzene rings is 1. The maximum absolute atomic E-state index is 12.9. The molecule has 1 heterocycles. The molecule has 0 bridgehead atoms. The summed E-state index contributed by atoms with van der Waals surface area (Å²) in [5.74, 6) is -3.24. The first-order valence-corrected chi connectivity index (χ1v) is 4.99. The molecule has 0 fully saturated rings. The molecular formula is C12H10F3NO. The first-order chi connectivity index (χ1) is 8.08. The van der Waals surface area contributed by atoms with Crippen molar-refractivity contribution in [3.8, 4) is 0 Å². The van der Waals surface area contributed by atoms with E-state index in [1.54, 1.807) is 6.07 Å². The molecule has 0 spiro atoms. The molecule has 0 saturated carbocycles. The van der Waals surface area contributed by atoms with E-state index in [1.165, 1.54) is 6.26 Å². The van der Waals surface area contributed by atoms with Crippen LogP contribution in [0.5, 0.6) is 0 Å². The average Bonchev–Trinajstić information content (AvgIpc) is 2.69. The summed E-state index contributed by atoms with van der Waals surface area (Å²) in [6.07, 6.45) is 1.53. The Hall–Kier alpha value is -1.91. The van der Waals surface area contributed by atoms with Crippen LogP contribution < -0.4 is 5.32 Å². The maximum atomic E-state index is 12.9. The second kappa shape index (κ2) is 4.53. The van der Waals surface area contributed by atoms with Gasteiger partial charge in [0.2, 0.25) is 0 Å². The molecule has 0 aliphatic carbocycles. The van der Waals surface area contributed by atoms with E-state index in [9.17, 15) is 13.2 Å². The second-order valence-corrected chi connectivity index (χ2v) is 3.63. The highest BCUT2D eigenvalue weighted by Crippen LogP contribution is 2.18. The van der Waals surface area contributed by atoms with E-state index in [2.05, 4.69) is 5.32 Å². The Morgan fingerprint density at radius 1 is 1.18 bits per heavy atom. The zero-order chi connectivity index (χ0) is 12.4. The zero-order valence-corrected chi connectivity index (χ0v) is 9.06. The highest BCUT2D eigenvalue weighted by Gasteiger charge is 2.10. The van der Waals surface area contributed by atoms with Gasteiger partial charge in [-0.1, -0.05) is 0 Å². The summed E-state index contributed by atoms with van der Waals surface area (Å²) in [6.45, 7) is 2.13. The van der Waals surface area contributed by atoms with Gasteiger partial charge in [0, 0.05) is 17.8 Å². The van der Waals surface area contributed by atoms with E-state index in [-0.39, 0.29) is 12.2 Å². The van der Waals surface area contributed by atoms with Gasteiger partial charge in [-0.3, -0.25) is 0 Å². The molecule has 90 valence electrons. The van der Waals surface area contributed by atoms with Crippen LogP contribution in [0.3, 0.4) is 0 Å². The Bertz CT molecular complexity index is 513. The van der Waals surface area contributed by atoms with E-state index in [1.807, 2.05) is 6.92 Å². The van der Waals surface area contributed by atoms with Crippen molar-refractivity contribution in [2.24, 2.45) is 0 Å². The standard InChI is InChI=1S/C12H10F3NO/c1-7-2-3-17-11(7)6-16-8-4-9(13)12(15)10(14)5-8/h2-5,16H,6H2,1H3. The molecule has 0 unspecified atom stereocenters. The number of nitrogens with one attached hydrogen (secondary N) is 1. The van der Waals surface area contributed by atoms with Gasteiger partial charge in [0.05, 0.1) is 12.8 Å². The number of hydrogen-bond acceptors (Lipinski definition) is 2. The van der Waals surface area contributed by atoms with Gasteiger partial charge in [-0.05, 0) is 18.6 Å². The molecule has 2 rings (SSSR count). The van der Waals surface area contributed by atoms with Gasteiger partial charge in [0.1, 0.15) is 5.76 Å².